The molecule has 0 aliphatic carbocycles. The van der Waals surface area contributed by atoms with Crippen LogP contribution in [0.2, 0.25) is 0 Å². The minimum absolute atomic E-state index is 0.0263. The van der Waals surface area contributed by atoms with Gasteiger partial charge in [-0.15, -0.1) is 0 Å². The number of amides is 3. The number of fused-ring (bicyclic) bond motifs is 2. The molecule has 2 aliphatic heterocycles. The van der Waals surface area contributed by atoms with Crippen LogP contribution in [0.4, 0.5) is 0 Å². The van der Waals surface area contributed by atoms with Crippen molar-refractivity contribution in [1.82, 2.24) is 9.80 Å². The van der Waals surface area contributed by atoms with E-state index in [4.69, 9.17) is 4.74 Å². The van der Waals surface area contributed by atoms with Crippen molar-refractivity contribution in [2.45, 2.75) is 25.9 Å². The van der Waals surface area contributed by atoms with Crippen LogP contribution < -0.4 is 0 Å². The van der Waals surface area contributed by atoms with Crippen LogP contribution in [0.1, 0.15) is 38.8 Å². The summed E-state index contributed by atoms with van der Waals surface area (Å²) in [6.07, 6.45) is 0.377. The van der Waals surface area contributed by atoms with Crippen LogP contribution >= 0.6 is 0 Å². The molecule has 2 aromatic rings. The van der Waals surface area contributed by atoms with Crippen LogP contribution in [0, 0.1) is 0 Å². The lowest BCUT2D eigenvalue weighted by Gasteiger charge is -2.34. The van der Waals surface area contributed by atoms with Crippen LogP contribution in [-0.2, 0) is 27.3 Å². The fourth-order valence-electron chi connectivity index (χ4n) is 3.84. The average molecular weight is 392 g/mol. The van der Waals surface area contributed by atoms with E-state index >= 15 is 0 Å². The first-order valence-electron chi connectivity index (χ1n) is 9.43. The van der Waals surface area contributed by atoms with E-state index in [-0.39, 0.29) is 19.1 Å². The van der Waals surface area contributed by atoms with Crippen molar-refractivity contribution in [1.29, 1.82) is 0 Å². The van der Waals surface area contributed by atoms with Gasteiger partial charge >= 0.3 is 5.97 Å². The molecule has 0 N–H and O–H groups in total. The minimum atomic E-state index is -0.718. The average Bonchev–Trinajstić information content (AvgIpc) is 2.97. The van der Waals surface area contributed by atoms with Gasteiger partial charge in [-0.05, 0) is 23.3 Å². The quantitative estimate of drug-likeness (QED) is 0.585. The molecule has 0 saturated carbocycles. The molecule has 7 nitrogen and oxygen atoms in total. The number of rotatable bonds is 4. The standard InChI is InChI=1S/C22H20N2O5/c1-14(25)24-13-16-7-3-2-6-15(16)12-19(24)22(28)29-11-10-23-20(26)17-8-4-5-9-18(17)21(23)27/h2-9,19H,10-13H2,1H3/t19-/m1/s1. The van der Waals surface area contributed by atoms with Gasteiger partial charge in [0, 0.05) is 19.9 Å². The summed E-state index contributed by atoms with van der Waals surface area (Å²) in [7, 11) is 0. The molecule has 2 aromatic carbocycles. The number of esters is 1. The van der Waals surface area contributed by atoms with E-state index in [1.165, 1.54) is 11.8 Å². The molecular formula is C22H20N2O5. The molecule has 29 heavy (non-hydrogen) atoms. The van der Waals surface area contributed by atoms with Crippen LogP contribution in [0.5, 0.6) is 0 Å². The lowest BCUT2D eigenvalue weighted by atomic mass is 9.94. The Kier molecular flexibility index (Phi) is 4.88. The first-order valence-corrected chi connectivity index (χ1v) is 9.43. The highest BCUT2D eigenvalue weighted by atomic mass is 16.5. The maximum Gasteiger partial charge on any atom is 0.329 e. The van der Waals surface area contributed by atoms with Crippen molar-refractivity contribution in [3.8, 4) is 0 Å². The zero-order valence-electron chi connectivity index (χ0n) is 16.0. The summed E-state index contributed by atoms with van der Waals surface area (Å²) >= 11 is 0. The van der Waals surface area contributed by atoms with E-state index in [9.17, 15) is 19.2 Å². The largest absolute Gasteiger partial charge is 0.462 e. The Bertz CT molecular complexity index is 981. The van der Waals surface area contributed by atoms with Gasteiger partial charge in [0.1, 0.15) is 12.6 Å². The molecule has 0 fully saturated rings. The molecule has 0 aromatic heterocycles. The Balaban J connectivity index is 1.40. The van der Waals surface area contributed by atoms with Gasteiger partial charge in [-0.25, -0.2) is 4.79 Å². The summed E-state index contributed by atoms with van der Waals surface area (Å²) in [5.41, 5.74) is 2.73. The lowest BCUT2D eigenvalue weighted by molar-refractivity contribution is -0.155. The number of benzene rings is 2. The smallest absolute Gasteiger partial charge is 0.329 e. The van der Waals surface area contributed by atoms with Crippen molar-refractivity contribution < 1.29 is 23.9 Å². The van der Waals surface area contributed by atoms with Crippen LogP contribution in [-0.4, -0.2) is 52.7 Å². The molecule has 2 heterocycles. The second kappa shape index (κ2) is 7.50. The monoisotopic (exact) mass is 392 g/mol. The van der Waals surface area contributed by atoms with Gasteiger partial charge in [0.2, 0.25) is 5.91 Å². The van der Waals surface area contributed by atoms with E-state index in [1.54, 1.807) is 24.3 Å². The van der Waals surface area contributed by atoms with Gasteiger partial charge in [-0.2, -0.15) is 0 Å². The predicted octanol–water partition coefficient (Wildman–Crippen LogP) is 1.80. The molecule has 3 amide bonds. The molecule has 0 saturated heterocycles. The topological polar surface area (TPSA) is 84.0 Å². The maximum absolute atomic E-state index is 12.7. The van der Waals surface area contributed by atoms with E-state index in [0.29, 0.717) is 24.1 Å². The fourth-order valence-corrected chi connectivity index (χ4v) is 3.84. The normalized spacial score (nSPS) is 17.8. The highest BCUT2D eigenvalue weighted by Crippen LogP contribution is 2.25. The molecule has 2 aliphatic rings. The molecule has 1 atom stereocenters. The molecular weight excluding hydrogens is 372 g/mol. The SMILES string of the molecule is CC(=O)N1Cc2ccccc2C[C@@H]1C(=O)OCCN1C(=O)c2ccccc2C1=O. The Morgan fingerprint density at radius 2 is 1.55 bits per heavy atom. The second-order valence-electron chi connectivity index (χ2n) is 7.11. The van der Waals surface area contributed by atoms with E-state index in [2.05, 4.69) is 0 Å². The Morgan fingerprint density at radius 1 is 0.966 bits per heavy atom. The molecule has 0 unspecified atom stereocenters. The van der Waals surface area contributed by atoms with Gasteiger partial charge in [0.25, 0.3) is 11.8 Å². The van der Waals surface area contributed by atoms with Crippen molar-refractivity contribution in [3.05, 3.63) is 70.8 Å². The molecule has 7 heteroatoms. The molecule has 0 bridgehead atoms. The summed E-state index contributed by atoms with van der Waals surface area (Å²) in [5, 5.41) is 0. The summed E-state index contributed by atoms with van der Waals surface area (Å²) in [6, 6.07) is 13.6. The van der Waals surface area contributed by atoms with Crippen LogP contribution in [0.3, 0.4) is 0 Å². The first-order chi connectivity index (χ1) is 14.0. The number of nitrogens with zero attached hydrogens (tertiary/aromatic N) is 2. The van der Waals surface area contributed by atoms with E-state index < -0.39 is 23.8 Å². The number of imide groups is 1. The third-order valence-electron chi connectivity index (χ3n) is 5.36. The second-order valence-corrected chi connectivity index (χ2v) is 7.11. The Labute approximate surface area is 167 Å². The number of carbonyl (C=O) groups excluding carboxylic acids is 4. The summed E-state index contributed by atoms with van der Waals surface area (Å²) < 4.78 is 5.36. The van der Waals surface area contributed by atoms with Gasteiger partial charge in [-0.3, -0.25) is 19.3 Å². The number of carbonyl (C=O) groups is 4. The Morgan fingerprint density at radius 3 is 2.17 bits per heavy atom. The van der Waals surface area contributed by atoms with Crippen molar-refractivity contribution >= 4 is 23.7 Å². The van der Waals surface area contributed by atoms with Gasteiger partial charge in [-0.1, -0.05) is 36.4 Å². The molecule has 0 spiro atoms. The third kappa shape index (κ3) is 3.40. The molecule has 148 valence electrons. The molecule has 4 rings (SSSR count). The van der Waals surface area contributed by atoms with E-state index in [1.807, 2.05) is 24.3 Å². The zero-order chi connectivity index (χ0) is 20.5. The van der Waals surface area contributed by atoms with E-state index in [0.717, 1.165) is 16.0 Å². The predicted molar refractivity (Wildman–Crippen MR) is 103 cm³/mol. The van der Waals surface area contributed by atoms with Crippen molar-refractivity contribution in [2.75, 3.05) is 13.2 Å². The first kappa shape index (κ1) is 18.9. The summed E-state index contributed by atoms with van der Waals surface area (Å²) in [6.45, 7) is 1.63. The van der Waals surface area contributed by atoms with Gasteiger partial charge in [0.15, 0.2) is 0 Å². The summed E-state index contributed by atoms with van der Waals surface area (Å²) in [5.74, 6) is -1.52. The fraction of sp³-hybridized carbons (Fsp3) is 0.273. The van der Waals surface area contributed by atoms with Crippen LogP contribution in [0.25, 0.3) is 0 Å². The Hall–Kier alpha value is -3.48. The van der Waals surface area contributed by atoms with Gasteiger partial charge < -0.3 is 9.64 Å². The number of hydrogen-bond acceptors (Lipinski definition) is 5. The van der Waals surface area contributed by atoms with Crippen LogP contribution in [0.15, 0.2) is 48.5 Å². The lowest BCUT2D eigenvalue weighted by Crippen LogP contribution is -2.49. The highest BCUT2D eigenvalue weighted by molar-refractivity contribution is 6.21. The van der Waals surface area contributed by atoms with Gasteiger partial charge in [0.05, 0.1) is 17.7 Å². The number of ether oxygens (including phenoxy) is 1. The minimum Gasteiger partial charge on any atom is -0.462 e. The molecule has 0 radical (unpaired) electrons. The van der Waals surface area contributed by atoms with Crippen molar-refractivity contribution in [2.24, 2.45) is 0 Å². The zero-order valence-corrected chi connectivity index (χ0v) is 16.0. The highest BCUT2D eigenvalue weighted by Gasteiger charge is 2.36. The number of hydrogen-bond donors (Lipinski definition) is 0. The summed E-state index contributed by atoms with van der Waals surface area (Å²) in [4.78, 5) is 52.0. The van der Waals surface area contributed by atoms with Crippen molar-refractivity contribution in [3.63, 3.8) is 0 Å². The maximum atomic E-state index is 12.7. The third-order valence-corrected chi connectivity index (χ3v) is 5.36.